The number of ether oxygens (including phenoxy) is 3. The molecule has 0 bridgehead atoms. The first-order chi connectivity index (χ1) is 13.9. The number of rotatable bonds is 6. The van der Waals surface area contributed by atoms with E-state index in [1.54, 1.807) is 6.92 Å². The lowest BCUT2D eigenvalue weighted by molar-refractivity contribution is -0.150. The van der Waals surface area contributed by atoms with Gasteiger partial charge in [0.2, 0.25) is 0 Å². The number of fused-ring (bicyclic) bond motifs is 1. The van der Waals surface area contributed by atoms with Gasteiger partial charge in [-0.2, -0.15) is 5.26 Å². The molecular weight excluding hydrogens is 372 g/mol. The average Bonchev–Trinajstić information content (AvgIpc) is 2.67. The van der Waals surface area contributed by atoms with Gasteiger partial charge in [-0.25, -0.2) is 9.97 Å². The van der Waals surface area contributed by atoms with Gasteiger partial charge in [0.15, 0.2) is 11.7 Å². The minimum Gasteiger partial charge on any atom is -0.459 e. The van der Waals surface area contributed by atoms with Crippen LogP contribution < -0.4 is 4.90 Å². The molecule has 0 radical (unpaired) electrons. The predicted molar refractivity (Wildman–Crippen MR) is 108 cm³/mol. The van der Waals surface area contributed by atoms with E-state index in [0.717, 1.165) is 0 Å². The lowest BCUT2D eigenvalue weighted by Crippen LogP contribution is -2.46. The summed E-state index contributed by atoms with van der Waals surface area (Å²) in [5.74, 6) is -1.32. The first-order valence-corrected chi connectivity index (χ1v) is 9.69. The summed E-state index contributed by atoms with van der Waals surface area (Å²) in [7, 11) is 1.53. The number of anilines is 1. The molecule has 1 aromatic carbocycles. The number of aromatic nitrogens is 2. The highest BCUT2D eigenvalue weighted by Gasteiger charge is 2.33. The van der Waals surface area contributed by atoms with Gasteiger partial charge in [-0.05, 0) is 32.9 Å². The van der Waals surface area contributed by atoms with Gasteiger partial charge >= 0.3 is 5.97 Å². The van der Waals surface area contributed by atoms with Crippen LogP contribution in [0.3, 0.4) is 0 Å². The number of nitrogens with zero attached hydrogens (tertiary/aromatic N) is 4. The zero-order valence-electron chi connectivity index (χ0n) is 17.2. The number of esters is 1. The van der Waals surface area contributed by atoms with Crippen molar-refractivity contribution in [2.45, 2.75) is 45.0 Å². The summed E-state index contributed by atoms with van der Waals surface area (Å²) in [6, 6.07) is 9.46. The van der Waals surface area contributed by atoms with E-state index in [2.05, 4.69) is 11.1 Å². The minimum absolute atomic E-state index is 0.00548. The van der Waals surface area contributed by atoms with Crippen LogP contribution in [-0.4, -0.2) is 61.1 Å². The number of carbonyl (C=O) groups excluding carboxylic acids is 1. The zero-order valence-corrected chi connectivity index (χ0v) is 17.2. The van der Waals surface area contributed by atoms with Gasteiger partial charge in [0.1, 0.15) is 11.8 Å². The molecule has 1 aliphatic heterocycles. The Bertz CT molecular complexity index is 903. The van der Waals surface area contributed by atoms with Crippen molar-refractivity contribution in [2.24, 2.45) is 0 Å². The normalized spacial score (nSPS) is 21.4. The number of para-hydroxylation sites is 2. The van der Waals surface area contributed by atoms with E-state index in [1.165, 1.54) is 7.11 Å². The fraction of sp³-hybridized carbons (Fsp3) is 0.524. The SMILES string of the molecule is COCC(C)OC(=O)C(C#N)c1nc2ccccc2nc1N1CC(C)OC(C)C1. The molecule has 1 aromatic heterocycles. The molecule has 2 aromatic rings. The van der Waals surface area contributed by atoms with Crippen LogP contribution in [0.1, 0.15) is 32.4 Å². The summed E-state index contributed by atoms with van der Waals surface area (Å²) in [6.07, 6.45) is -0.480. The topological polar surface area (TPSA) is 97.6 Å². The second kappa shape index (κ2) is 9.16. The van der Waals surface area contributed by atoms with Gasteiger partial charge in [0.25, 0.3) is 0 Å². The molecule has 1 aliphatic rings. The van der Waals surface area contributed by atoms with Gasteiger partial charge in [-0.1, -0.05) is 12.1 Å². The molecule has 8 nitrogen and oxygen atoms in total. The Morgan fingerprint density at radius 2 is 1.90 bits per heavy atom. The van der Waals surface area contributed by atoms with Crippen LogP contribution in [0.15, 0.2) is 24.3 Å². The standard InChI is InChI=1S/C21H26N4O4/c1-13-10-25(11-14(2)28-13)20-19(23-17-7-5-6-8-18(17)24-20)16(9-22)21(26)29-15(3)12-27-4/h5-8,13-16H,10-12H2,1-4H3. The Labute approximate surface area is 170 Å². The highest BCUT2D eigenvalue weighted by atomic mass is 16.6. The van der Waals surface area contributed by atoms with Crippen LogP contribution in [0.5, 0.6) is 0 Å². The first kappa shape index (κ1) is 21.0. The number of methoxy groups -OCH3 is 1. The lowest BCUT2D eigenvalue weighted by atomic mass is 10.1. The van der Waals surface area contributed by atoms with Crippen LogP contribution in [-0.2, 0) is 19.0 Å². The quantitative estimate of drug-likeness (QED) is 0.685. The fourth-order valence-corrected chi connectivity index (χ4v) is 3.54. The van der Waals surface area contributed by atoms with E-state index in [1.807, 2.05) is 43.0 Å². The Morgan fingerprint density at radius 1 is 1.28 bits per heavy atom. The van der Waals surface area contributed by atoms with Crippen LogP contribution in [0, 0.1) is 11.3 Å². The number of benzene rings is 1. The zero-order chi connectivity index (χ0) is 21.0. The maximum Gasteiger partial charge on any atom is 0.330 e. The van der Waals surface area contributed by atoms with E-state index < -0.39 is 18.0 Å². The van der Waals surface area contributed by atoms with Crippen molar-refractivity contribution >= 4 is 22.8 Å². The number of hydrogen-bond donors (Lipinski definition) is 0. The van der Waals surface area contributed by atoms with Crippen molar-refractivity contribution in [1.29, 1.82) is 5.26 Å². The largest absolute Gasteiger partial charge is 0.459 e. The van der Waals surface area contributed by atoms with E-state index in [9.17, 15) is 10.1 Å². The molecule has 4 unspecified atom stereocenters. The van der Waals surface area contributed by atoms with Crippen molar-refractivity contribution < 1.29 is 19.0 Å². The summed E-state index contributed by atoms with van der Waals surface area (Å²) < 4.78 is 16.2. The molecule has 154 valence electrons. The van der Waals surface area contributed by atoms with Crippen LogP contribution >= 0.6 is 0 Å². The molecule has 2 heterocycles. The molecule has 0 spiro atoms. The van der Waals surface area contributed by atoms with Crippen molar-refractivity contribution in [1.82, 2.24) is 9.97 Å². The Balaban J connectivity index is 2.04. The second-order valence-corrected chi connectivity index (χ2v) is 7.35. The third kappa shape index (κ3) is 4.81. The Morgan fingerprint density at radius 3 is 2.48 bits per heavy atom. The summed E-state index contributed by atoms with van der Waals surface area (Å²) in [5.41, 5.74) is 1.64. The smallest absolute Gasteiger partial charge is 0.330 e. The summed E-state index contributed by atoms with van der Waals surface area (Å²) in [5, 5.41) is 9.80. The van der Waals surface area contributed by atoms with Crippen molar-refractivity contribution in [3.05, 3.63) is 30.0 Å². The molecule has 8 heteroatoms. The van der Waals surface area contributed by atoms with Crippen molar-refractivity contribution in [2.75, 3.05) is 31.7 Å². The molecule has 4 atom stereocenters. The third-order valence-corrected chi connectivity index (χ3v) is 4.65. The second-order valence-electron chi connectivity index (χ2n) is 7.35. The minimum atomic E-state index is -1.19. The fourth-order valence-electron chi connectivity index (χ4n) is 3.54. The Kier molecular flexibility index (Phi) is 6.62. The van der Waals surface area contributed by atoms with Crippen LogP contribution in [0.4, 0.5) is 5.82 Å². The van der Waals surface area contributed by atoms with Crippen molar-refractivity contribution in [3.8, 4) is 6.07 Å². The van der Waals surface area contributed by atoms with Gasteiger partial charge < -0.3 is 19.1 Å². The molecule has 29 heavy (non-hydrogen) atoms. The van der Waals surface area contributed by atoms with Gasteiger partial charge in [0, 0.05) is 20.2 Å². The molecule has 3 rings (SSSR count). The van der Waals surface area contributed by atoms with Gasteiger partial charge in [-0.3, -0.25) is 4.79 Å². The summed E-state index contributed by atoms with van der Waals surface area (Å²) >= 11 is 0. The summed E-state index contributed by atoms with van der Waals surface area (Å²) in [4.78, 5) is 24.2. The third-order valence-electron chi connectivity index (χ3n) is 4.65. The predicted octanol–water partition coefficient (Wildman–Crippen LogP) is 2.43. The number of hydrogen-bond acceptors (Lipinski definition) is 8. The van der Waals surface area contributed by atoms with Gasteiger partial charge in [-0.15, -0.1) is 0 Å². The first-order valence-electron chi connectivity index (χ1n) is 9.69. The van der Waals surface area contributed by atoms with E-state index in [4.69, 9.17) is 19.2 Å². The average molecular weight is 398 g/mol. The van der Waals surface area contributed by atoms with Crippen molar-refractivity contribution in [3.63, 3.8) is 0 Å². The molecule has 0 N–H and O–H groups in total. The maximum atomic E-state index is 12.7. The summed E-state index contributed by atoms with van der Waals surface area (Å²) in [6.45, 7) is 7.13. The monoisotopic (exact) mass is 398 g/mol. The molecular formula is C21H26N4O4. The van der Waals surface area contributed by atoms with E-state index in [-0.39, 0.29) is 18.8 Å². The molecule has 0 amide bonds. The molecule has 1 fully saturated rings. The Hall–Kier alpha value is -2.76. The van der Waals surface area contributed by atoms with E-state index >= 15 is 0 Å². The molecule has 0 saturated carbocycles. The van der Waals surface area contributed by atoms with E-state index in [0.29, 0.717) is 35.6 Å². The maximum absolute atomic E-state index is 12.7. The lowest BCUT2D eigenvalue weighted by Gasteiger charge is -2.37. The highest BCUT2D eigenvalue weighted by Crippen LogP contribution is 2.30. The highest BCUT2D eigenvalue weighted by molar-refractivity contribution is 5.85. The number of morpholine rings is 1. The van der Waals surface area contributed by atoms with Crippen LogP contribution in [0.25, 0.3) is 11.0 Å². The molecule has 1 saturated heterocycles. The number of carbonyl (C=O) groups is 1. The van der Waals surface area contributed by atoms with Gasteiger partial charge in [0.05, 0.1) is 35.9 Å². The van der Waals surface area contributed by atoms with Crippen LogP contribution in [0.2, 0.25) is 0 Å². The molecule has 0 aliphatic carbocycles. The number of nitriles is 1.